The first kappa shape index (κ1) is 16.7. The summed E-state index contributed by atoms with van der Waals surface area (Å²) in [5, 5.41) is 0.0798. The van der Waals surface area contributed by atoms with Crippen molar-refractivity contribution in [3.05, 3.63) is 47.9 Å². The van der Waals surface area contributed by atoms with Gasteiger partial charge in [0.25, 0.3) is 10.0 Å². The Balaban J connectivity index is 2.32. The minimum absolute atomic E-state index is 0.0798. The monoisotopic (exact) mass is 322 g/mol. The average Bonchev–Trinajstić information content (AvgIpc) is 2.90. The highest BCUT2D eigenvalue weighted by Gasteiger charge is 2.27. The lowest BCUT2D eigenvalue weighted by atomic mass is 10.2. The van der Waals surface area contributed by atoms with E-state index in [0.29, 0.717) is 18.9 Å². The molecule has 0 radical (unpaired) electrons. The number of nitrogens with two attached hydrogens (primary N) is 1. The van der Waals surface area contributed by atoms with E-state index in [0.717, 1.165) is 5.56 Å². The third-order valence-corrected chi connectivity index (χ3v) is 5.20. The van der Waals surface area contributed by atoms with Crippen molar-refractivity contribution < 1.29 is 8.42 Å². The third-order valence-electron chi connectivity index (χ3n) is 3.48. The number of nitrogens with zero attached hydrogens (tertiary/aromatic N) is 3. The van der Waals surface area contributed by atoms with Crippen molar-refractivity contribution in [2.24, 2.45) is 5.73 Å². The van der Waals surface area contributed by atoms with Crippen LogP contribution in [-0.4, -0.2) is 35.4 Å². The molecule has 0 aliphatic heterocycles. The number of hydrogen-bond donors (Lipinski definition) is 1. The lowest BCUT2D eigenvalue weighted by Gasteiger charge is -2.20. The highest BCUT2D eigenvalue weighted by Crippen LogP contribution is 2.17. The maximum absolute atomic E-state index is 12.8. The number of aromatic nitrogens is 2. The molecule has 0 amide bonds. The van der Waals surface area contributed by atoms with Crippen LogP contribution in [0.5, 0.6) is 0 Å². The highest BCUT2D eigenvalue weighted by atomic mass is 32.2. The predicted octanol–water partition coefficient (Wildman–Crippen LogP) is 1.36. The van der Waals surface area contributed by atoms with Crippen LogP contribution in [0.3, 0.4) is 0 Å². The molecule has 22 heavy (non-hydrogen) atoms. The van der Waals surface area contributed by atoms with Crippen LogP contribution in [-0.2, 0) is 23.1 Å². The lowest BCUT2D eigenvalue weighted by molar-refractivity contribution is 0.412. The van der Waals surface area contributed by atoms with Crippen LogP contribution in [0.1, 0.15) is 18.3 Å². The normalized spacial score (nSPS) is 12.0. The van der Waals surface area contributed by atoms with Crippen LogP contribution in [0.25, 0.3) is 0 Å². The summed E-state index contributed by atoms with van der Waals surface area (Å²) in [4.78, 5) is 4.19. The minimum atomic E-state index is -3.65. The summed E-state index contributed by atoms with van der Waals surface area (Å²) >= 11 is 0. The average molecular weight is 322 g/mol. The van der Waals surface area contributed by atoms with E-state index in [1.165, 1.54) is 4.31 Å². The van der Waals surface area contributed by atoms with Gasteiger partial charge >= 0.3 is 0 Å². The Morgan fingerprint density at radius 2 is 1.95 bits per heavy atom. The van der Waals surface area contributed by atoms with Gasteiger partial charge in [-0.3, -0.25) is 0 Å². The third kappa shape index (κ3) is 3.55. The Morgan fingerprint density at radius 1 is 1.27 bits per heavy atom. The summed E-state index contributed by atoms with van der Waals surface area (Å²) in [5.41, 5.74) is 6.51. The van der Waals surface area contributed by atoms with E-state index in [1.54, 1.807) is 13.1 Å². The first-order valence-electron chi connectivity index (χ1n) is 7.27. The van der Waals surface area contributed by atoms with E-state index in [4.69, 9.17) is 5.73 Å². The Kier molecular flexibility index (Phi) is 5.33. The molecule has 0 bridgehead atoms. The van der Waals surface area contributed by atoms with Crippen molar-refractivity contribution in [3.8, 4) is 0 Å². The first-order valence-corrected chi connectivity index (χ1v) is 8.71. The van der Waals surface area contributed by atoms with Gasteiger partial charge in [0.15, 0.2) is 5.03 Å². The number of aryl methyl sites for hydroxylation is 2. The number of sulfonamides is 1. The molecule has 2 N–H and O–H groups in total. The highest BCUT2D eigenvalue weighted by molar-refractivity contribution is 7.89. The first-order chi connectivity index (χ1) is 10.5. The summed E-state index contributed by atoms with van der Waals surface area (Å²) < 4.78 is 28.8. The summed E-state index contributed by atoms with van der Waals surface area (Å²) in [5.74, 6) is 0.688. The van der Waals surface area contributed by atoms with Gasteiger partial charge < -0.3 is 10.3 Å². The smallest absolute Gasteiger partial charge is 0.262 e. The fourth-order valence-electron chi connectivity index (χ4n) is 2.27. The number of imidazole rings is 1. The van der Waals surface area contributed by atoms with Crippen LogP contribution in [0.4, 0.5) is 0 Å². The SMILES string of the molecule is CCn1cc(S(=O)(=O)N(CCN)Cc2ccccc2)nc1C. The Morgan fingerprint density at radius 3 is 2.50 bits per heavy atom. The van der Waals surface area contributed by atoms with Crippen molar-refractivity contribution >= 4 is 10.0 Å². The van der Waals surface area contributed by atoms with E-state index in [1.807, 2.05) is 41.8 Å². The molecule has 0 aliphatic rings. The van der Waals surface area contributed by atoms with Crippen molar-refractivity contribution in [1.29, 1.82) is 0 Å². The Hall–Kier alpha value is -1.70. The van der Waals surface area contributed by atoms with Crippen LogP contribution in [0, 0.1) is 6.92 Å². The number of hydrogen-bond acceptors (Lipinski definition) is 4. The van der Waals surface area contributed by atoms with Crippen LogP contribution in [0.15, 0.2) is 41.6 Å². The Labute approximate surface area is 131 Å². The second-order valence-corrected chi connectivity index (χ2v) is 6.91. The van der Waals surface area contributed by atoms with Gasteiger partial charge in [0.2, 0.25) is 0 Å². The van der Waals surface area contributed by atoms with Crippen molar-refractivity contribution in [1.82, 2.24) is 13.9 Å². The van der Waals surface area contributed by atoms with Gasteiger partial charge in [0.05, 0.1) is 0 Å². The van der Waals surface area contributed by atoms with Crippen LogP contribution in [0.2, 0.25) is 0 Å². The molecule has 7 heteroatoms. The van der Waals surface area contributed by atoms with Crippen LogP contribution >= 0.6 is 0 Å². The lowest BCUT2D eigenvalue weighted by Crippen LogP contribution is -2.35. The fourth-order valence-corrected chi connectivity index (χ4v) is 3.71. The molecule has 0 aliphatic carbocycles. The molecule has 0 unspecified atom stereocenters. The summed E-state index contributed by atoms with van der Waals surface area (Å²) in [6, 6.07) is 9.47. The molecule has 0 spiro atoms. The molecule has 1 aromatic carbocycles. The largest absolute Gasteiger partial charge is 0.334 e. The molecule has 0 saturated heterocycles. The maximum atomic E-state index is 12.8. The van der Waals surface area contributed by atoms with Gasteiger partial charge in [-0.05, 0) is 19.4 Å². The van der Waals surface area contributed by atoms with E-state index >= 15 is 0 Å². The van der Waals surface area contributed by atoms with E-state index in [2.05, 4.69) is 4.98 Å². The van der Waals surface area contributed by atoms with E-state index in [9.17, 15) is 8.42 Å². The molecule has 120 valence electrons. The predicted molar refractivity (Wildman–Crippen MR) is 85.7 cm³/mol. The zero-order valence-corrected chi connectivity index (χ0v) is 13.8. The molecule has 1 heterocycles. The molecule has 0 saturated carbocycles. The molecule has 2 rings (SSSR count). The minimum Gasteiger partial charge on any atom is -0.334 e. The maximum Gasteiger partial charge on any atom is 0.262 e. The van der Waals surface area contributed by atoms with Gasteiger partial charge in [-0.25, -0.2) is 13.4 Å². The topological polar surface area (TPSA) is 81.2 Å². The van der Waals surface area contributed by atoms with Gasteiger partial charge in [-0.2, -0.15) is 4.31 Å². The molecule has 1 aromatic heterocycles. The molecular weight excluding hydrogens is 300 g/mol. The molecule has 0 atom stereocenters. The van der Waals surface area contributed by atoms with E-state index in [-0.39, 0.29) is 18.1 Å². The second-order valence-electron chi connectivity index (χ2n) is 5.03. The Bertz CT molecular complexity index is 710. The summed E-state index contributed by atoms with van der Waals surface area (Å²) in [6.07, 6.45) is 1.58. The molecule has 0 fully saturated rings. The van der Waals surface area contributed by atoms with Crippen molar-refractivity contribution in [2.45, 2.75) is 32.0 Å². The van der Waals surface area contributed by atoms with Gasteiger partial charge in [-0.1, -0.05) is 30.3 Å². The number of rotatable bonds is 7. The zero-order chi connectivity index (χ0) is 16.2. The molecular formula is C15H22N4O2S. The van der Waals surface area contributed by atoms with Crippen LogP contribution < -0.4 is 5.73 Å². The quantitative estimate of drug-likeness (QED) is 0.834. The van der Waals surface area contributed by atoms with Crippen molar-refractivity contribution in [3.63, 3.8) is 0 Å². The second kappa shape index (κ2) is 7.04. The fraction of sp³-hybridized carbons (Fsp3) is 0.400. The molecule has 2 aromatic rings. The molecule has 6 nitrogen and oxygen atoms in total. The van der Waals surface area contributed by atoms with Gasteiger partial charge in [-0.15, -0.1) is 0 Å². The van der Waals surface area contributed by atoms with Crippen molar-refractivity contribution in [2.75, 3.05) is 13.1 Å². The van der Waals surface area contributed by atoms with Gasteiger partial charge in [0.1, 0.15) is 5.82 Å². The van der Waals surface area contributed by atoms with Gasteiger partial charge in [0, 0.05) is 32.4 Å². The summed E-state index contributed by atoms with van der Waals surface area (Å²) in [6.45, 7) is 5.25. The number of benzene rings is 1. The van der Waals surface area contributed by atoms with E-state index < -0.39 is 10.0 Å². The zero-order valence-electron chi connectivity index (χ0n) is 12.9. The summed E-state index contributed by atoms with van der Waals surface area (Å²) in [7, 11) is -3.65. The standard InChI is InChI=1S/C15H22N4O2S/c1-3-18-12-15(17-13(18)2)22(20,21)19(10-9-16)11-14-7-5-4-6-8-14/h4-8,12H,3,9-11,16H2,1-2H3.